The molecule has 1 heterocycles. The average molecular weight is 225 g/mol. The van der Waals surface area contributed by atoms with E-state index in [0.29, 0.717) is 6.04 Å². The minimum Gasteiger partial charge on any atom is -0.354 e. The molecule has 0 aromatic carbocycles. The summed E-state index contributed by atoms with van der Waals surface area (Å²) in [6.45, 7) is 3.24. The summed E-state index contributed by atoms with van der Waals surface area (Å²) in [7, 11) is 4.06. The fourth-order valence-corrected chi connectivity index (χ4v) is 2.39. The van der Waals surface area contributed by atoms with E-state index in [4.69, 9.17) is 0 Å². The third-order valence-corrected chi connectivity index (χ3v) is 4.02. The van der Waals surface area contributed by atoms with Crippen molar-refractivity contribution in [3.63, 3.8) is 0 Å². The summed E-state index contributed by atoms with van der Waals surface area (Å²) in [5.74, 6) is 0.922. The lowest BCUT2D eigenvalue weighted by Gasteiger charge is -2.11. The average Bonchev–Trinajstić information content (AvgIpc) is 2.93. The Labute approximate surface area is 95.5 Å². The van der Waals surface area contributed by atoms with Crippen molar-refractivity contribution in [2.75, 3.05) is 19.0 Å². The van der Waals surface area contributed by atoms with Crippen molar-refractivity contribution in [1.29, 1.82) is 0 Å². The SMILES string of the molecule is CC(NCc1cnc(N(C)C)s1)C1CC1. The fraction of sp³-hybridized carbons (Fsp3) is 0.727. The van der Waals surface area contributed by atoms with E-state index in [0.717, 1.165) is 17.6 Å². The van der Waals surface area contributed by atoms with E-state index >= 15 is 0 Å². The monoisotopic (exact) mass is 225 g/mol. The highest BCUT2D eigenvalue weighted by Gasteiger charge is 2.27. The molecule has 0 aliphatic heterocycles. The minimum absolute atomic E-state index is 0.662. The first kappa shape index (κ1) is 10.9. The normalized spacial score (nSPS) is 17.8. The zero-order valence-corrected chi connectivity index (χ0v) is 10.5. The number of nitrogens with one attached hydrogen (secondary N) is 1. The Morgan fingerprint density at radius 1 is 1.60 bits per heavy atom. The molecule has 1 unspecified atom stereocenters. The molecule has 1 aliphatic rings. The van der Waals surface area contributed by atoms with Gasteiger partial charge in [-0.2, -0.15) is 0 Å². The summed E-state index contributed by atoms with van der Waals surface area (Å²) in [5, 5.41) is 4.65. The first-order valence-corrected chi connectivity index (χ1v) is 6.34. The van der Waals surface area contributed by atoms with Crippen LogP contribution >= 0.6 is 11.3 Å². The molecule has 0 spiro atoms. The Hall–Kier alpha value is -0.610. The molecule has 0 amide bonds. The third-order valence-electron chi connectivity index (χ3n) is 2.85. The lowest BCUT2D eigenvalue weighted by Crippen LogP contribution is -2.26. The van der Waals surface area contributed by atoms with Gasteiger partial charge in [0.2, 0.25) is 0 Å². The Balaban J connectivity index is 1.82. The zero-order valence-electron chi connectivity index (χ0n) is 9.66. The maximum Gasteiger partial charge on any atom is 0.185 e. The highest BCUT2D eigenvalue weighted by atomic mass is 32.1. The molecule has 84 valence electrons. The molecule has 3 nitrogen and oxygen atoms in total. The van der Waals surface area contributed by atoms with Crippen LogP contribution in [0, 0.1) is 5.92 Å². The van der Waals surface area contributed by atoms with E-state index in [9.17, 15) is 0 Å². The zero-order chi connectivity index (χ0) is 10.8. The van der Waals surface area contributed by atoms with Crippen molar-refractivity contribution in [2.24, 2.45) is 5.92 Å². The highest BCUT2D eigenvalue weighted by Crippen LogP contribution is 2.32. The van der Waals surface area contributed by atoms with Gasteiger partial charge in [-0.3, -0.25) is 0 Å². The van der Waals surface area contributed by atoms with E-state index in [1.807, 2.05) is 20.3 Å². The number of hydrogen-bond donors (Lipinski definition) is 1. The number of anilines is 1. The third kappa shape index (κ3) is 2.92. The smallest absolute Gasteiger partial charge is 0.185 e. The number of nitrogens with zero attached hydrogens (tertiary/aromatic N) is 2. The van der Waals surface area contributed by atoms with E-state index in [1.54, 1.807) is 11.3 Å². The van der Waals surface area contributed by atoms with Crippen LogP contribution in [0.3, 0.4) is 0 Å². The van der Waals surface area contributed by atoms with Crippen molar-refractivity contribution in [3.05, 3.63) is 11.1 Å². The summed E-state index contributed by atoms with van der Waals surface area (Å²) >= 11 is 1.77. The van der Waals surface area contributed by atoms with Crippen LogP contribution in [0.4, 0.5) is 5.13 Å². The number of aromatic nitrogens is 1. The second kappa shape index (κ2) is 4.49. The number of hydrogen-bond acceptors (Lipinski definition) is 4. The van der Waals surface area contributed by atoms with Crippen LogP contribution in [0.25, 0.3) is 0 Å². The van der Waals surface area contributed by atoms with Crippen LogP contribution < -0.4 is 10.2 Å². The van der Waals surface area contributed by atoms with Gasteiger partial charge in [0.05, 0.1) is 0 Å². The van der Waals surface area contributed by atoms with E-state index in [-0.39, 0.29) is 0 Å². The van der Waals surface area contributed by atoms with Crippen LogP contribution in [0.2, 0.25) is 0 Å². The van der Waals surface area contributed by atoms with Crippen LogP contribution in [-0.4, -0.2) is 25.1 Å². The summed E-state index contributed by atoms with van der Waals surface area (Å²) < 4.78 is 0. The molecule has 1 aromatic rings. The van der Waals surface area contributed by atoms with Crippen molar-refractivity contribution in [3.8, 4) is 0 Å². The standard InChI is InChI=1S/C11H19N3S/c1-8(9-4-5-9)12-6-10-7-13-11(15-10)14(2)3/h7-9,12H,4-6H2,1-3H3. The molecule has 15 heavy (non-hydrogen) atoms. The predicted octanol–water partition coefficient (Wildman–Crippen LogP) is 2.10. The van der Waals surface area contributed by atoms with Gasteiger partial charge in [-0.15, -0.1) is 11.3 Å². The molecule has 1 aliphatic carbocycles. The van der Waals surface area contributed by atoms with E-state index < -0.39 is 0 Å². The Kier molecular flexibility index (Phi) is 3.26. The van der Waals surface area contributed by atoms with Crippen LogP contribution in [0.1, 0.15) is 24.6 Å². The van der Waals surface area contributed by atoms with Gasteiger partial charge in [0.15, 0.2) is 5.13 Å². The van der Waals surface area contributed by atoms with Gasteiger partial charge in [0.25, 0.3) is 0 Å². The van der Waals surface area contributed by atoms with Crippen molar-refractivity contribution in [2.45, 2.75) is 32.4 Å². The van der Waals surface area contributed by atoms with Crippen LogP contribution in [-0.2, 0) is 6.54 Å². The van der Waals surface area contributed by atoms with E-state index in [2.05, 4.69) is 22.1 Å². The van der Waals surface area contributed by atoms with Gasteiger partial charge < -0.3 is 10.2 Å². The fourth-order valence-electron chi connectivity index (χ4n) is 1.61. The molecule has 0 saturated heterocycles. The highest BCUT2D eigenvalue weighted by molar-refractivity contribution is 7.15. The summed E-state index contributed by atoms with van der Waals surface area (Å²) in [6, 6.07) is 0.662. The first-order valence-electron chi connectivity index (χ1n) is 5.52. The molecule has 1 aromatic heterocycles. The van der Waals surface area contributed by atoms with Crippen molar-refractivity contribution < 1.29 is 0 Å². The van der Waals surface area contributed by atoms with Gasteiger partial charge in [0, 0.05) is 37.8 Å². The summed E-state index contributed by atoms with van der Waals surface area (Å²) in [5.41, 5.74) is 0. The topological polar surface area (TPSA) is 28.2 Å². The number of rotatable bonds is 5. The van der Waals surface area contributed by atoms with Crippen molar-refractivity contribution >= 4 is 16.5 Å². The lowest BCUT2D eigenvalue weighted by molar-refractivity contribution is 0.498. The molecular formula is C11H19N3S. The molecule has 0 radical (unpaired) electrons. The Bertz CT molecular complexity index is 317. The van der Waals surface area contributed by atoms with Crippen LogP contribution in [0.5, 0.6) is 0 Å². The molecule has 2 rings (SSSR count). The maximum atomic E-state index is 4.36. The van der Waals surface area contributed by atoms with Crippen molar-refractivity contribution in [1.82, 2.24) is 10.3 Å². The molecule has 0 bridgehead atoms. The quantitative estimate of drug-likeness (QED) is 0.832. The maximum absolute atomic E-state index is 4.36. The number of thiazole rings is 1. The molecule has 1 N–H and O–H groups in total. The van der Waals surface area contributed by atoms with Gasteiger partial charge in [-0.25, -0.2) is 4.98 Å². The first-order chi connectivity index (χ1) is 7.16. The van der Waals surface area contributed by atoms with Gasteiger partial charge >= 0.3 is 0 Å². The molecular weight excluding hydrogens is 206 g/mol. The summed E-state index contributed by atoms with van der Waals surface area (Å²) in [4.78, 5) is 7.74. The molecule has 4 heteroatoms. The second-order valence-corrected chi connectivity index (χ2v) is 5.60. The molecule has 1 fully saturated rings. The summed E-state index contributed by atoms with van der Waals surface area (Å²) in [6.07, 6.45) is 4.78. The Morgan fingerprint density at radius 2 is 2.33 bits per heavy atom. The van der Waals surface area contributed by atoms with Gasteiger partial charge in [0.1, 0.15) is 0 Å². The minimum atomic E-state index is 0.662. The van der Waals surface area contributed by atoms with E-state index in [1.165, 1.54) is 17.7 Å². The largest absolute Gasteiger partial charge is 0.354 e. The van der Waals surface area contributed by atoms with Gasteiger partial charge in [-0.1, -0.05) is 0 Å². The second-order valence-electron chi connectivity index (χ2n) is 4.51. The molecule has 1 atom stereocenters. The predicted molar refractivity (Wildman–Crippen MR) is 65.5 cm³/mol. The molecule has 1 saturated carbocycles. The Morgan fingerprint density at radius 3 is 2.87 bits per heavy atom. The lowest BCUT2D eigenvalue weighted by atomic mass is 10.2. The van der Waals surface area contributed by atoms with Crippen LogP contribution in [0.15, 0.2) is 6.20 Å². The van der Waals surface area contributed by atoms with Gasteiger partial charge in [-0.05, 0) is 25.7 Å².